The standard InChI is InChI=1S/C10H15N7O2/c11-10-13-5-8(9(15-10)12-2-1-3-18)19-6-7-4-14-17-16-7/h4-5,18H,1-3,6H2,(H,14,16,17)(H3,11,12,13,15). The van der Waals surface area contributed by atoms with Crippen molar-refractivity contribution in [2.45, 2.75) is 13.0 Å². The molecule has 0 aliphatic heterocycles. The quantitative estimate of drug-likeness (QED) is 0.494. The van der Waals surface area contributed by atoms with E-state index in [0.717, 1.165) is 0 Å². The van der Waals surface area contributed by atoms with Crippen molar-refractivity contribution in [1.29, 1.82) is 0 Å². The third-order valence-corrected chi connectivity index (χ3v) is 2.24. The highest BCUT2D eigenvalue weighted by molar-refractivity contribution is 5.51. The predicted octanol–water partition coefficient (Wildman–Crippen LogP) is -0.450. The van der Waals surface area contributed by atoms with Crippen LogP contribution in [-0.4, -0.2) is 43.6 Å². The number of hydrogen-bond acceptors (Lipinski definition) is 8. The van der Waals surface area contributed by atoms with E-state index < -0.39 is 0 Å². The topological polar surface area (TPSA) is 135 Å². The van der Waals surface area contributed by atoms with Crippen LogP contribution in [0, 0.1) is 0 Å². The summed E-state index contributed by atoms with van der Waals surface area (Å²) in [6.45, 7) is 0.911. The summed E-state index contributed by atoms with van der Waals surface area (Å²) in [6, 6.07) is 0. The number of aromatic nitrogens is 5. The molecule has 102 valence electrons. The van der Waals surface area contributed by atoms with E-state index in [4.69, 9.17) is 15.6 Å². The number of nitrogen functional groups attached to an aromatic ring is 1. The van der Waals surface area contributed by atoms with Gasteiger partial charge < -0.3 is 20.9 Å². The fourth-order valence-electron chi connectivity index (χ4n) is 1.35. The van der Waals surface area contributed by atoms with Gasteiger partial charge in [0, 0.05) is 19.3 Å². The van der Waals surface area contributed by atoms with E-state index in [0.29, 0.717) is 30.2 Å². The Morgan fingerprint density at radius 2 is 2.37 bits per heavy atom. The monoisotopic (exact) mass is 265 g/mol. The smallest absolute Gasteiger partial charge is 0.222 e. The minimum atomic E-state index is 0.0999. The summed E-state index contributed by atoms with van der Waals surface area (Å²) < 4.78 is 5.54. The van der Waals surface area contributed by atoms with Crippen LogP contribution in [0.2, 0.25) is 0 Å². The van der Waals surface area contributed by atoms with Gasteiger partial charge in [-0.25, -0.2) is 4.98 Å². The molecule has 2 rings (SSSR count). The summed E-state index contributed by atoms with van der Waals surface area (Å²) in [6.07, 6.45) is 3.73. The summed E-state index contributed by atoms with van der Waals surface area (Å²) in [4.78, 5) is 7.93. The van der Waals surface area contributed by atoms with Crippen LogP contribution >= 0.6 is 0 Å². The number of rotatable bonds is 7. The zero-order chi connectivity index (χ0) is 13.5. The molecule has 0 unspecified atom stereocenters. The fraction of sp³-hybridized carbons (Fsp3) is 0.400. The molecule has 0 bridgehead atoms. The van der Waals surface area contributed by atoms with E-state index in [-0.39, 0.29) is 19.2 Å². The molecule has 2 heterocycles. The van der Waals surface area contributed by atoms with Crippen molar-refractivity contribution in [2.75, 3.05) is 24.2 Å². The maximum absolute atomic E-state index is 8.75. The van der Waals surface area contributed by atoms with Crippen molar-refractivity contribution < 1.29 is 9.84 Å². The first-order valence-electron chi connectivity index (χ1n) is 5.75. The molecule has 0 saturated carbocycles. The number of aromatic amines is 1. The molecular weight excluding hydrogens is 250 g/mol. The van der Waals surface area contributed by atoms with Gasteiger partial charge in [-0.1, -0.05) is 5.21 Å². The number of hydrogen-bond donors (Lipinski definition) is 4. The first-order chi connectivity index (χ1) is 9.29. The van der Waals surface area contributed by atoms with Gasteiger partial charge in [0.1, 0.15) is 12.3 Å². The lowest BCUT2D eigenvalue weighted by atomic mass is 10.4. The maximum atomic E-state index is 8.75. The molecule has 0 fully saturated rings. The van der Waals surface area contributed by atoms with Crippen LogP contribution in [0.3, 0.4) is 0 Å². The molecule has 2 aromatic heterocycles. The van der Waals surface area contributed by atoms with E-state index in [2.05, 4.69) is 30.7 Å². The molecule has 0 aliphatic carbocycles. The van der Waals surface area contributed by atoms with Crippen LogP contribution in [-0.2, 0) is 6.61 Å². The molecule has 0 radical (unpaired) electrons. The van der Waals surface area contributed by atoms with Crippen molar-refractivity contribution >= 4 is 11.8 Å². The van der Waals surface area contributed by atoms with Crippen molar-refractivity contribution in [3.63, 3.8) is 0 Å². The number of nitrogens with one attached hydrogen (secondary N) is 2. The minimum Gasteiger partial charge on any atom is -0.482 e. The van der Waals surface area contributed by atoms with E-state index in [1.54, 1.807) is 6.20 Å². The Labute approximate surface area is 109 Å². The van der Waals surface area contributed by atoms with Crippen LogP contribution in [0.1, 0.15) is 12.1 Å². The second kappa shape index (κ2) is 6.50. The molecule has 9 nitrogen and oxygen atoms in total. The fourth-order valence-corrected chi connectivity index (χ4v) is 1.35. The largest absolute Gasteiger partial charge is 0.482 e. The summed E-state index contributed by atoms with van der Waals surface area (Å²) in [7, 11) is 0. The summed E-state index contributed by atoms with van der Waals surface area (Å²) >= 11 is 0. The Balaban J connectivity index is 2.01. The normalized spacial score (nSPS) is 10.4. The van der Waals surface area contributed by atoms with E-state index in [1.807, 2.05) is 0 Å². The van der Waals surface area contributed by atoms with Crippen molar-refractivity contribution in [1.82, 2.24) is 25.4 Å². The molecule has 0 atom stereocenters. The third kappa shape index (κ3) is 3.78. The van der Waals surface area contributed by atoms with Crippen LogP contribution in [0.25, 0.3) is 0 Å². The first-order valence-corrected chi connectivity index (χ1v) is 5.75. The Bertz CT molecular complexity index is 503. The lowest BCUT2D eigenvalue weighted by molar-refractivity contribution is 0.291. The van der Waals surface area contributed by atoms with Crippen LogP contribution in [0.15, 0.2) is 12.4 Å². The zero-order valence-corrected chi connectivity index (χ0v) is 10.2. The predicted molar refractivity (Wildman–Crippen MR) is 67.4 cm³/mol. The van der Waals surface area contributed by atoms with Crippen LogP contribution in [0.5, 0.6) is 5.75 Å². The molecular formula is C10H15N7O2. The summed E-state index contributed by atoms with van der Waals surface area (Å²) in [5, 5.41) is 21.8. The number of aliphatic hydroxyl groups is 1. The molecule has 0 spiro atoms. The first kappa shape index (κ1) is 13.0. The lowest BCUT2D eigenvalue weighted by Crippen LogP contribution is -2.09. The number of nitrogens with zero attached hydrogens (tertiary/aromatic N) is 4. The van der Waals surface area contributed by atoms with Gasteiger partial charge in [-0.3, -0.25) is 5.10 Å². The van der Waals surface area contributed by atoms with Gasteiger partial charge in [0.25, 0.3) is 0 Å². The highest BCUT2D eigenvalue weighted by Crippen LogP contribution is 2.22. The van der Waals surface area contributed by atoms with Gasteiger partial charge in [-0.2, -0.15) is 4.98 Å². The molecule has 0 aliphatic rings. The molecule has 5 N–H and O–H groups in total. The number of anilines is 2. The number of aliphatic hydroxyl groups excluding tert-OH is 1. The number of ether oxygens (including phenoxy) is 1. The highest BCUT2D eigenvalue weighted by Gasteiger charge is 2.08. The molecule has 19 heavy (non-hydrogen) atoms. The van der Waals surface area contributed by atoms with Crippen molar-refractivity contribution in [2.24, 2.45) is 0 Å². The van der Waals surface area contributed by atoms with Crippen LogP contribution in [0.4, 0.5) is 11.8 Å². The Morgan fingerprint density at radius 1 is 1.47 bits per heavy atom. The average molecular weight is 265 g/mol. The Kier molecular flexibility index (Phi) is 4.45. The summed E-state index contributed by atoms with van der Waals surface area (Å²) in [5.74, 6) is 1.11. The molecule has 0 saturated heterocycles. The van der Waals surface area contributed by atoms with E-state index in [1.165, 1.54) is 6.20 Å². The zero-order valence-electron chi connectivity index (χ0n) is 10.2. The highest BCUT2D eigenvalue weighted by atomic mass is 16.5. The minimum absolute atomic E-state index is 0.0999. The number of H-pyrrole nitrogens is 1. The van der Waals surface area contributed by atoms with E-state index >= 15 is 0 Å². The van der Waals surface area contributed by atoms with Gasteiger partial charge in [0.2, 0.25) is 5.95 Å². The lowest BCUT2D eigenvalue weighted by Gasteiger charge is -2.11. The Hall–Kier alpha value is -2.42. The summed E-state index contributed by atoms with van der Waals surface area (Å²) in [5.41, 5.74) is 6.19. The average Bonchev–Trinajstić information content (AvgIpc) is 2.91. The van der Waals surface area contributed by atoms with Crippen molar-refractivity contribution in [3.8, 4) is 5.75 Å². The molecule has 9 heteroatoms. The maximum Gasteiger partial charge on any atom is 0.222 e. The van der Waals surface area contributed by atoms with Gasteiger partial charge in [0.05, 0.1) is 6.20 Å². The Morgan fingerprint density at radius 3 is 3.11 bits per heavy atom. The number of nitrogens with two attached hydrogens (primary N) is 1. The van der Waals surface area contributed by atoms with Gasteiger partial charge in [-0.05, 0) is 6.42 Å². The van der Waals surface area contributed by atoms with E-state index in [9.17, 15) is 0 Å². The van der Waals surface area contributed by atoms with Gasteiger partial charge in [-0.15, -0.1) is 5.10 Å². The molecule has 2 aromatic rings. The van der Waals surface area contributed by atoms with Gasteiger partial charge >= 0.3 is 0 Å². The molecule has 0 amide bonds. The van der Waals surface area contributed by atoms with Crippen molar-refractivity contribution in [3.05, 3.63) is 18.1 Å². The SMILES string of the molecule is Nc1ncc(OCc2c[nH]nn2)c(NCCCO)n1. The van der Waals surface area contributed by atoms with Crippen LogP contribution < -0.4 is 15.8 Å². The third-order valence-electron chi connectivity index (χ3n) is 2.24. The van der Waals surface area contributed by atoms with Gasteiger partial charge in [0.15, 0.2) is 11.6 Å². The second-order valence-corrected chi connectivity index (χ2v) is 3.70. The second-order valence-electron chi connectivity index (χ2n) is 3.70. The molecule has 0 aromatic carbocycles.